The van der Waals surface area contributed by atoms with Crippen LogP contribution >= 0.6 is 0 Å². The van der Waals surface area contributed by atoms with Crippen LogP contribution in [0.5, 0.6) is 0 Å². The predicted molar refractivity (Wildman–Crippen MR) is 41.4 cm³/mol. The lowest BCUT2D eigenvalue weighted by atomic mass is 10.2. The summed E-state index contributed by atoms with van der Waals surface area (Å²) in [6, 6.07) is 3.72. The molecule has 0 aliphatic heterocycles. The molecule has 1 aromatic carbocycles. The zero-order chi connectivity index (χ0) is 8.97. The van der Waals surface area contributed by atoms with Gasteiger partial charge >= 0.3 is 0 Å². The Morgan fingerprint density at radius 2 is 1.83 bits per heavy atom. The summed E-state index contributed by atoms with van der Waals surface area (Å²) >= 11 is 0. The summed E-state index contributed by atoms with van der Waals surface area (Å²) in [5.41, 5.74) is -0.0406. The van der Waals surface area contributed by atoms with Gasteiger partial charge in [-0.05, 0) is 19.1 Å². The highest BCUT2D eigenvalue weighted by atomic mass is 19.1. The molecule has 0 atom stereocenters. The fourth-order valence-electron chi connectivity index (χ4n) is 0.844. The van der Waals surface area contributed by atoms with Crippen molar-refractivity contribution in [3.63, 3.8) is 0 Å². The van der Waals surface area contributed by atoms with Crippen LogP contribution in [0.25, 0.3) is 0 Å². The van der Waals surface area contributed by atoms with Gasteiger partial charge in [-0.25, -0.2) is 8.78 Å². The van der Waals surface area contributed by atoms with E-state index in [0.29, 0.717) is 0 Å². The molecule has 0 heterocycles. The second-order valence-corrected chi connectivity index (χ2v) is 2.25. The van der Waals surface area contributed by atoms with Crippen LogP contribution in [0.3, 0.4) is 0 Å². The molecule has 1 rings (SSSR count). The molecule has 0 aromatic heterocycles. The molecule has 0 unspecified atom stereocenters. The second-order valence-electron chi connectivity index (χ2n) is 2.25. The Labute approximate surface area is 70.0 Å². The number of benzene rings is 1. The number of hydrogen-bond acceptors (Lipinski definition) is 1. The second kappa shape index (κ2) is 4.16. The summed E-state index contributed by atoms with van der Waals surface area (Å²) in [4.78, 5) is 0. The summed E-state index contributed by atoms with van der Waals surface area (Å²) in [7, 11) is 0. The third-order valence-electron chi connectivity index (χ3n) is 1.45. The van der Waals surface area contributed by atoms with E-state index in [4.69, 9.17) is 4.74 Å². The zero-order valence-electron chi connectivity index (χ0n) is 6.52. The van der Waals surface area contributed by atoms with E-state index in [9.17, 15) is 8.78 Å². The maximum absolute atomic E-state index is 12.8. The first-order valence-corrected chi connectivity index (χ1v) is 3.55. The van der Waals surface area contributed by atoms with Gasteiger partial charge in [-0.2, -0.15) is 0 Å². The summed E-state index contributed by atoms with van der Waals surface area (Å²) in [6.45, 7) is 3.53. The molecule has 3 heteroatoms. The normalized spacial score (nSPS) is 10.2. The van der Waals surface area contributed by atoms with Crippen molar-refractivity contribution in [2.45, 2.75) is 6.61 Å². The van der Waals surface area contributed by atoms with Crippen LogP contribution in [0.1, 0.15) is 5.56 Å². The molecule has 0 amide bonds. The van der Waals surface area contributed by atoms with Gasteiger partial charge in [-0.1, -0.05) is 6.07 Å². The zero-order valence-corrected chi connectivity index (χ0v) is 6.52. The molecule has 0 aliphatic carbocycles. The molecule has 1 aromatic rings. The van der Waals surface area contributed by atoms with E-state index in [1.807, 2.05) is 0 Å². The Balaban J connectivity index is 2.81. The topological polar surface area (TPSA) is 9.23 Å². The largest absolute Gasteiger partial charge is 0.377 e. The van der Waals surface area contributed by atoms with Gasteiger partial charge in [0.25, 0.3) is 0 Å². The molecule has 0 saturated heterocycles. The highest BCUT2D eigenvalue weighted by Gasteiger charge is 2.06. The van der Waals surface area contributed by atoms with Crippen molar-refractivity contribution in [2.24, 2.45) is 0 Å². The van der Waals surface area contributed by atoms with Crippen molar-refractivity contribution in [3.05, 3.63) is 42.3 Å². The van der Waals surface area contributed by atoms with Gasteiger partial charge in [0, 0.05) is 12.2 Å². The van der Waals surface area contributed by atoms with E-state index in [0.717, 1.165) is 0 Å². The van der Waals surface area contributed by atoms with Crippen LogP contribution in [-0.2, 0) is 11.3 Å². The molecule has 0 bridgehead atoms. The lowest BCUT2D eigenvalue weighted by molar-refractivity contribution is 0.141. The molecular formula is C9H9F2O. The monoisotopic (exact) mass is 171 g/mol. The Morgan fingerprint density at radius 3 is 2.33 bits per heavy atom. The van der Waals surface area contributed by atoms with Crippen LogP contribution in [0.4, 0.5) is 8.78 Å². The quantitative estimate of drug-likeness (QED) is 0.678. The maximum Gasteiger partial charge on any atom is 0.131 e. The predicted octanol–water partition coefficient (Wildman–Crippen LogP) is 2.32. The van der Waals surface area contributed by atoms with Gasteiger partial charge in [0.1, 0.15) is 11.6 Å². The van der Waals surface area contributed by atoms with Gasteiger partial charge in [-0.15, -0.1) is 0 Å². The smallest absolute Gasteiger partial charge is 0.131 e. The highest BCUT2D eigenvalue weighted by Crippen LogP contribution is 2.12. The summed E-state index contributed by atoms with van der Waals surface area (Å²) in [5, 5.41) is 0. The first-order valence-electron chi connectivity index (χ1n) is 3.55. The van der Waals surface area contributed by atoms with Gasteiger partial charge < -0.3 is 4.74 Å². The average molecular weight is 171 g/mol. The van der Waals surface area contributed by atoms with E-state index in [1.54, 1.807) is 0 Å². The minimum Gasteiger partial charge on any atom is -0.377 e. The Hall–Kier alpha value is -0.960. The Bertz CT molecular complexity index is 240. The molecular weight excluding hydrogens is 162 g/mol. The summed E-state index contributed by atoms with van der Waals surface area (Å²) in [6.07, 6.45) is 0. The standard InChI is InChI=1S/C9H9F2O/c1-2-12-6-7-8(10)4-3-5-9(7)11/h3-5H,1-2,6H2. The van der Waals surface area contributed by atoms with Crippen LogP contribution in [0.15, 0.2) is 18.2 Å². The lowest BCUT2D eigenvalue weighted by Gasteiger charge is -2.03. The number of rotatable bonds is 3. The van der Waals surface area contributed by atoms with Crippen LogP contribution in [0, 0.1) is 18.6 Å². The summed E-state index contributed by atoms with van der Waals surface area (Å²) < 4.78 is 30.5. The fraction of sp³-hybridized carbons (Fsp3) is 0.222. The molecule has 0 N–H and O–H groups in total. The molecule has 0 fully saturated rings. The molecule has 65 valence electrons. The minimum atomic E-state index is -0.580. The molecule has 1 radical (unpaired) electrons. The SMILES string of the molecule is [CH2]COCc1c(F)cccc1F. The van der Waals surface area contributed by atoms with E-state index < -0.39 is 11.6 Å². The van der Waals surface area contributed by atoms with Crippen LogP contribution in [0.2, 0.25) is 0 Å². The van der Waals surface area contributed by atoms with E-state index in [-0.39, 0.29) is 18.8 Å². The first kappa shape index (κ1) is 9.13. The maximum atomic E-state index is 12.8. The van der Waals surface area contributed by atoms with Gasteiger partial charge in [0.05, 0.1) is 6.61 Å². The molecule has 0 aliphatic rings. The van der Waals surface area contributed by atoms with Gasteiger partial charge in [0.2, 0.25) is 0 Å². The molecule has 0 saturated carbocycles. The number of halogens is 2. The van der Waals surface area contributed by atoms with Crippen LogP contribution in [-0.4, -0.2) is 6.61 Å². The third-order valence-corrected chi connectivity index (χ3v) is 1.45. The first-order chi connectivity index (χ1) is 5.75. The van der Waals surface area contributed by atoms with E-state index >= 15 is 0 Å². The van der Waals surface area contributed by atoms with E-state index in [1.165, 1.54) is 18.2 Å². The van der Waals surface area contributed by atoms with Crippen molar-refractivity contribution >= 4 is 0 Å². The van der Waals surface area contributed by atoms with Gasteiger partial charge in [-0.3, -0.25) is 0 Å². The van der Waals surface area contributed by atoms with Gasteiger partial charge in [0.15, 0.2) is 0 Å². The fourth-order valence-corrected chi connectivity index (χ4v) is 0.844. The van der Waals surface area contributed by atoms with Crippen molar-refractivity contribution in [1.82, 2.24) is 0 Å². The number of ether oxygens (including phenoxy) is 1. The van der Waals surface area contributed by atoms with Crippen molar-refractivity contribution < 1.29 is 13.5 Å². The molecule has 1 nitrogen and oxygen atoms in total. The highest BCUT2D eigenvalue weighted by molar-refractivity contribution is 5.18. The lowest BCUT2D eigenvalue weighted by Crippen LogP contribution is -1.98. The number of hydrogen-bond donors (Lipinski definition) is 0. The minimum absolute atomic E-state index is 0.0406. The third kappa shape index (κ3) is 2.01. The average Bonchev–Trinajstić information content (AvgIpc) is 2.04. The Morgan fingerprint density at radius 1 is 1.25 bits per heavy atom. The van der Waals surface area contributed by atoms with Crippen molar-refractivity contribution in [3.8, 4) is 0 Å². The summed E-state index contributed by atoms with van der Waals surface area (Å²) in [5.74, 6) is -1.16. The van der Waals surface area contributed by atoms with Crippen LogP contribution < -0.4 is 0 Å². The van der Waals surface area contributed by atoms with E-state index in [2.05, 4.69) is 6.92 Å². The van der Waals surface area contributed by atoms with Crippen molar-refractivity contribution in [2.75, 3.05) is 6.61 Å². The molecule has 12 heavy (non-hydrogen) atoms. The Kier molecular flexibility index (Phi) is 3.17. The molecule has 0 spiro atoms. The van der Waals surface area contributed by atoms with Crippen molar-refractivity contribution in [1.29, 1.82) is 0 Å².